The molecule has 3 rings (SSSR count). The van der Waals surface area contributed by atoms with Crippen LogP contribution in [0.4, 0.5) is 0 Å². The van der Waals surface area contributed by atoms with Gasteiger partial charge in [-0.2, -0.15) is 0 Å². The number of rotatable bonds is 3. The van der Waals surface area contributed by atoms with Crippen molar-refractivity contribution in [2.75, 3.05) is 13.1 Å². The standard InChI is InChI=1S/C20H26N2O/c1-4-21-14-18(17-7-5-15(2)6-8-17)13-19(21)20(23)22-11-9-16(3)10-12-22/h5-8,13-14,16H,4,9-12H2,1-3H3. The van der Waals surface area contributed by atoms with Gasteiger partial charge in [0.15, 0.2) is 0 Å². The fourth-order valence-corrected chi connectivity index (χ4v) is 3.23. The Morgan fingerprint density at radius 1 is 1.13 bits per heavy atom. The molecule has 1 amide bonds. The molecule has 2 heterocycles. The average Bonchev–Trinajstić information content (AvgIpc) is 3.00. The van der Waals surface area contributed by atoms with Crippen LogP contribution in [0, 0.1) is 12.8 Å². The summed E-state index contributed by atoms with van der Waals surface area (Å²) in [7, 11) is 0. The molecular formula is C20H26N2O. The zero-order valence-corrected chi connectivity index (χ0v) is 14.4. The molecule has 3 heteroatoms. The lowest BCUT2D eigenvalue weighted by Crippen LogP contribution is -2.38. The van der Waals surface area contributed by atoms with Crippen molar-refractivity contribution in [1.82, 2.24) is 9.47 Å². The van der Waals surface area contributed by atoms with E-state index in [2.05, 4.69) is 61.9 Å². The predicted octanol–water partition coefficient (Wildman–Crippen LogP) is 4.36. The second-order valence-electron chi connectivity index (χ2n) is 6.74. The number of carbonyl (C=O) groups excluding carboxylic acids is 1. The second-order valence-corrected chi connectivity index (χ2v) is 6.74. The first-order valence-corrected chi connectivity index (χ1v) is 8.65. The van der Waals surface area contributed by atoms with Gasteiger partial charge in [0.1, 0.15) is 5.69 Å². The molecule has 0 aliphatic carbocycles. The Kier molecular flexibility index (Phi) is 4.56. The van der Waals surface area contributed by atoms with E-state index < -0.39 is 0 Å². The molecule has 1 aromatic heterocycles. The van der Waals surface area contributed by atoms with Gasteiger partial charge < -0.3 is 9.47 Å². The van der Waals surface area contributed by atoms with Crippen LogP contribution in [0.15, 0.2) is 36.5 Å². The SMILES string of the molecule is CCn1cc(-c2ccc(C)cc2)cc1C(=O)N1CCC(C)CC1. The van der Waals surface area contributed by atoms with Crippen molar-refractivity contribution in [3.63, 3.8) is 0 Å². The molecule has 2 aromatic rings. The van der Waals surface area contributed by atoms with E-state index >= 15 is 0 Å². The minimum atomic E-state index is 0.178. The highest BCUT2D eigenvalue weighted by molar-refractivity contribution is 5.94. The van der Waals surface area contributed by atoms with Crippen molar-refractivity contribution in [2.24, 2.45) is 5.92 Å². The van der Waals surface area contributed by atoms with Crippen LogP contribution >= 0.6 is 0 Å². The number of benzene rings is 1. The maximum absolute atomic E-state index is 12.9. The first kappa shape index (κ1) is 15.9. The van der Waals surface area contributed by atoms with Crippen LogP contribution in [0.2, 0.25) is 0 Å². The highest BCUT2D eigenvalue weighted by atomic mass is 16.2. The summed E-state index contributed by atoms with van der Waals surface area (Å²) in [4.78, 5) is 14.9. The summed E-state index contributed by atoms with van der Waals surface area (Å²) < 4.78 is 2.08. The van der Waals surface area contributed by atoms with Crippen molar-refractivity contribution in [3.05, 3.63) is 47.8 Å². The van der Waals surface area contributed by atoms with Crippen LogP contribution in [-0.4, -0.2) is 28.5 Å². The molecule has 0 saturated carbocycles. The Labute approximate surface area is 138 Å². The molecular weight excluding hydrogens is 284 g/mol. The number of carbonyl (C=O) groups is 1. The zero-order valence-electron chi connectivity index (χ0n) is 14.4. The van der Waals surface area contributed by atoms with Crippen LogP contribution < -0.4 is 0 Å². The maximum Gasteiger partial charge on any atom is 0.270 e. The average molecular weight is 310 g/mol. The summed E-state index contributed by atoms with van der Waals surface area (Å²) in [6, 6.07) is 10.5. The number of hydrogen-bond acceptors (Lipinski definition) is 1. The van der Waals surface area contributed by atoms with Crippen LogP contribution in [0.25, 0.3) is 11.1 Å². The summed E-state index contributed by atoms with van der Waals surface area (Å²) in [5, 5.41) is 0. The van der Waals surface area contributed by atoms with E-state index in [0.29, 0.717) is 0 Å². The van der Waals surface area contributed by atoms with Crippen LogP contribution in [0.5, 0.6) is 0 Å². The Balaban J connectivity index is 1.87. The largest absolute Gasteiger partial charge is 0.343 e. The van der Waals surface area contributed by atoms with E-state index in [9.17, 15) is 4.79 Å². The van der Waals surface area contributed by atoms with Crippen molar-refractivity contribution in [1.29, 1.82) is 0 Å². The van der Waals surface area contributed by atoms with Crippen LogP contribution in [0.3, 0.4) is 0 Å². The Bertz CT molecular complexity index is 676. The summed E-state index contributed by atoms with van der Waals surface area (Å²) in [5.41, 5.74) is 4.37. The van der Waals surface area contributed by atoms with Gasteiger partial charge in [0.05, 0.1) is 0 Å². The first-order valence-electron chi connectivity index (χ1n) is 8.65. The molecule has 0 spiro atoms. The molecule has 0 atom stereocenters. The molecule has 0 radical (unpaired) electrons. The highest BCUT2D eigenvalue weighted by Crippen LogP contribution is 2.25. The molecule has 23 heavy (non-hydrogen) atoms. The molecule has 3 nitrogen and oxygen atoms in total. The number of hydrogen-bond donors (Lipinski definition) is 0. The van der Waals surface area contributed by atoms with Gasteiger partial charge in [0, 0.05) is 31.4 Å². The van der Waals surface area contributed by atoms with E-state index in [4.69, 9.17) is 0 Å². The molecule has 1 aliphatic heterocycles. The van der Waals surface area contributed by atoms with Crippen molar-refractivity contribution in [2.45, 2.75) is 40.2 Å². The Morgan fingerprint density at radius 2 is 1.78 bits per heavy atom. The lowest BCUT2D eigenvalue weighted by molar-refractivity contribution is 0.0686. The third-order valence-electron chi connectivity index (χ3n) is 4.91. The topological polar surface area (TPSA) is 25.2 Å². The smallest absolute Gasteiger partial charge is 0.270 e. The third kappa shape index (κ3) is 3.34. The predicted molar refractivity (Wildman–Crippen MR) is 94.6 cm³/mol. The van der Waals surface area contributed by atoms with Crippen molar-refractivity contribution < 1.29 is 4.79 Å². The second kappa shape index (κ2) is 6.61. The minimum absolute atomic E-state index is 0.178. The maximum atomic E-state index is 12.9. The molecule has 1 saturated heterocycles. The van der Waals surface area contributed by atoms with Crippen molar-refractivity contribution in [3.8, 4) is 11.1 Å². The quantitative estimate of drug-likeness (QED) is 0.827. The van der Waals surface area contributed by atoms with E-state index in [0.717, 1.165) is 49.7 Å². The van der Waals surface area contributed by atoms with Gasteiger partial charge in [-0.05, 0) is 44.2 Å². The monoisotopic (exact) mass is 310 g/mol. The molecule has 122 valence electrons. The van der Waals surface area contributed by atoms with E-state index in [1.165, 1.54) is 11.1 Å². The van der Waals surface area contributed by atoms with Crippen molar-refractivity contribution >= 4 is 5.91 Å². The third-order valence-corrected chi connectivity index (χ3v) is 4.91. The Morgan fingerprint density at radius 3 is 2.39 bits per heavy atom. The lowest BCUT2D eigenvalue weighted by atomic mass is 9.99. The molecule has 1 aromatic carbocycles. The summed E-state index contributed by atoms with van der Waals surface area (Å²) in [6.45, 7) is 9.04. The molecule has 0 N–H and O–H groups in total. The summed E-state index contributed by atoms with van der Waals surface area (Å²) >= 11 is 0. The van der Waals surface area contributed by atoms with Gasteiger partial charge in [0.2, 0.25) is 0 Å². The zero-order chi connectivity index (χ0) is 16.4. The van der Waals surface area contributed by atoms with Crippen LogP contribution in [0.1, 0.15) is 42.7 Å². The Hall–Kier alpha value is -2.03. The minimum Gasteiger partial charge on any atom is -0.343 e. The van der Waals surface area contributed by atoms with E-state index in [1.807, 2.05) is 4.90 Å². The fraction of sp³-hybridized carbons (Fsp3) is 0.450. The van der Waals surface area contributed by atoms with E-state index in [1.54, 1.807) is 0 Å². The van der Waals surface area contributed by atoms with Gasteiger partial charge in [0.25, 0.3) is 5.91 Å². The lowest BCUT2D eigenvalue weighted by Gasteiger charge is -2.30. The fourth-order valence-electron chi connectivity index (χ4n) is 3.23. The molecule has 0 bridgehead atoms. The molecule has 1 fully saturated rings. The van der Waals surface area contributed by atoms with E-state index in [-0.39, 0.29) is 5.91 Å². The van der Waals surface area contributed by atoms with Gasteiger partial charge in [-0.15, -0.1) is 0 Å². The number of likely N-dealkylation sites (tertiary alicyclic amines) is 1. The molecule has 1 aliphatic rings. The van der Waals surface area contributed by atoms with Gasteiger partial charge in [-0.25, -0.2) is 0 Å². The number of nitrogens with zero attached hydrogens (tertiary/aromatic N) is 2. The van der Waals surface area contributed by atoms with Gasteiger partial charge in [-0.1, -0.05) is 36.8 Å². The summed E-state index contributed by atoms with van der Waals surface area (Å²) in [5.74, 6) is 0.914. The highest BCUT2D eigenvalue weighted by Gasteiger charge is 2.24. The number of piperidine rings is 1. The number of amides is 1. The normalized spacial score (nSPS) is 15.9. The van der Waals surface area contributed by atoms with Crippen LogP contribution in [-0.2, 0) is 6.54 Å². The first-order chi connectivity index (χ1) is 11.1. The molecule has 0 unspecified atom stereocenters. The van der Waals surface area contributed by atoms with Gasteiger partial charge >= 0.3 is 0 Å². The van der Waals surface area contributed by atoms with Gasteiger partial charge in [-0.3, -0.25) is 4.79 Å². The summed E-state index contributed by atoms with van der Waals surface area (Å²) in [6.07, 6.45) is 4.33. The number of aromatic nitrogens is 1. The number of aryl methyl sites for hydroxylation is 2.